The molecular formula is C24H18N4. The summed E-state index contributed by atoms with van der Waals surface area (Å²) in [6, 6.07) is 24.5. The molecule has 0 aliphatic heterocycles. The second-order valence-electron chi connectivity index (χ2n) is 6.61. The number of fused-ring (bicyclic) bond motifs is 2. The fourth-order valence-electron chi connectivity index (χ4n) is 3.17. The van der Waals surface area contributed by atoms with Gasteiger partial charge in [-0.3, -0.25) is 0 Å². The van der Waals surface area contributed by atoms with E-state index in [1.54, 1.807) is 0 Å². The van der Waals surface area contributed by atoms with E-state index < -0.39 is 0 Å². The van der Waals surface area contributed by atoms with Gasteiger partial charge in [-0.25, -0.2) is 9.97 Å². The van der Waals surface area contributed by atoms with Crippen molar-refractivity contribution in [2.24, 2.45) is 0 Å². The Morgan fingerprint density at radius 3 is 1.36 bits per heavy atom. The zero-order valence-electron chi connectivity index (χ0n) is 15.1. The molecule has 28 heavy (non-hydrogen) atoms. The lowest BCUT2D eigenvalue weighted by atomic mass is 10.1. The van der Waals surface area contributed by atoms with Crippen LogP contribution in [0.4, 0.5) is 0 Å². The molecule has 0 saturated heterocycles. The summed E-state index contributed by atoms with van der Waals surface area (Å²) in [5, 5.41) is 0. The SMILES string of the molecule is C(=Cc1nc2ccccc2[nH]1)c1ccc(C=Cc2nc3ccccc3[nH]2)cc1. The van der Waals surface area contributed by atoms with Crippen LogP contribution < -0.4 is 0 Å². The van der Waals surface area contributed by atoms with E-state index in [2.05, 4.69) is 56.4 Å². The van der Waals surface area contributed by atoms with Gasteiger partial charge in [-0.05, 0) is 47.5 Å². The quantitative estimate of drug-likeness (QED) is 0.426. The molecule has 0 aliphatic carbocycles. The molecule has 0 saturated carbocycles. The summed E-state index contributed by atoms with van der Waals surface area (Å²) in [7, 11) is 0. The maximum atomic E-state index is 4.56. The zero-order valence-corrected chi connectivity index (χ0v) is 15.1. The monoisotopic (exact) mass is 362 g/mol. The average molecular weight is 362 g/mol. The van der Waals surface area contributed by atoms with Crippen LogP contribution in [0.2, 0.25) is 0 Å². The molecule has 0 atom stereocenters. The fraction of sp³-hybridized carbons (Fsp3) is 0. The number of imidazole rings is 2. The molecule has 2 N–H and O–H groups in total. The Morgan fingerprint density at radius 1 is 0.500 bits per heavy atom. The maximum Gasteiger partial charge on any atom is 0.131 e. The van der Waals surface area contributed by atoms with Gasteiger partial charge >= 0.3 is 0 Å². The van der Waals surface area contributed by atoms with Crippen molar-refractivity contribution in [3.8, 4) is 0 Å². The maximum absolute atomic E-state index is 4.56. The van der Waals surface area contributed by atoms with Gasteiger partial charge in [-0.2, -0.15) is 0 Å². The predicted molar refractivity (Wildman–Crippen MR) is 116 cm³/mol. The van der Waals surface area contributed by atoms with Crippen molar-refractivity contribution in [1.82, 2.24) is 19.9 Å². The van der Waals surface area contributed by atoms with Crippen LogP contribution in [0.25, 0.3) is 46.4 Å². The van der Waals surface area contributed by atoms with Crippen molar-refractivity contribution in [2.45, 2.75) is 0 Å². The lowest BCUT2D eigenvalue weighted by molar-refractivity contribution is 1.29. The van der Waals surface area contributed by atoms with Crippen molar-refractivity contribution in [2.75, 3.05) is 0 Å². The van der Waals surface area contributed by atoms with Crippen LogP contribution in [-0.2, 0) is 0 Å². The summed E-state index contributed by atoms with van der Waals surface area (Å²) in [6.45, 7) is 0. The van der Waals surface area contributed by atoms with E-state index in [1.807, 2.05) is 60.7 Å². The van der Waals surface area contributed by atoms with Gasteiger partial charge in [-0.15, -0.1) is 0 Å². The molecule has 4 heteroatoms. The van der Waals surface area contributed by atoms with E-state index in [0.717, 1.165) is 44.8 Å². The first-order valence-corrected chi connectivity index (χ1v) is 9.19. The summed E-state index contributed by atoms with van der Waals surface area (Å²) in [6.07, 6.45) is 8.12. The van der Waals surface area contributed by atoms with E-state index in [0.29, 0.717) is 0 Å². The van der Waals surface area contributed by atoms with E-state index >= 15 is 0 Å². The third kappa shape index (κ3) is 3.35. The first-order valence-electron chi connectivity index (χ1n) is 9.19. The summed E-state index contributed by atoms with van der Waals surface area (Å²) < 4.78 is 0. The number of rotatable bonds is 4. The van der Waals surface area contributed by atoms with Crippen LogP contribution in [-0.4, -0.2) is 19.9 Å². The Bertz CT molecular complexity index is 1130. The molecule has 0 spiro atoms. The normalized spacial score (nSPS) is 12.0. The fourth-order valence-corrected chi connectivity index (χ4v) is 3.17. The number of nitrogens with one attached hydrogen (secondary N) is 2. The molecule has 3 aromatic carbocycles. The summed E-state index contributed by atoms with van der Waals surface area (Å²) >= 11 is 0. The van der Waals surface area contributed by atoms with Crippen molar-refractivity contribution in [3.63, 3.8) is 0 Å². The standard InChI is InChI=1S/C24H18N4/c1-2-6-20-19(5-1)25-23(26-20)15-13-17-9-11-18(12-10-17)14-16-24-27-21-7-3-4-8-22(21)28-24/h1-16H,(H,25,26)(H,27,28). The Balaban J connectivity index is 1.30. The van der Waals surface area contributed by atoms with Gasteiger partial charge < -0.3 is 9.97 Å². The number of hydrogen-bond acceptors (Lipinski definition) is 2. The molecule has 0 bridgehead atoms. The predicted octanol–water partition coefficient (Wildman–Crippen LogP) is 5.78. The lowest BCUT2D eigenvalue weighted by Crippen LogP contribution is -1.77. The van der Waals surface area contributed by atoms with E-state index in [-0.39, 0.29) is 0 Å². The Morgan fingerprint density at radius 2 is 0.929 bits per heavy atom. The van der Waals surface area contributed by atoms with Gasteiger partial charge in [0, 0.05) is 0 Å². The highest BCUT2D eigenvalue weighted by Gasteiger charge is 1.99. The highest BCUT2D eigenvalue weighted by atomic mass is 14.9. The molecule has 2 aromatic heterocycles. The van der Waals surface area contributed by atoms with Crippen LogP contribution in [0.15, 0.2) is 72.8 Å². The lowest BCUT2D eigenvalue weighted by Gasteiger charge is -1.95. The van der Waals surface area contributed by atoms with Crippen LogP contribution >= 0.6 is 0 Å². The second kappa shape index (κ2) is 7.00. The van der Waals surface area contributed by atoms with Crippen LogP contribution in [0.3, 0.4) is 0 Å². The van der Waals surface area contributed by atoms with Gasteiger partial charge in [0.1, 0.15) is 11.6 Å². The zero-order chi connectivity index (χ0) is 18.8. The Kier molecular flexibility index (Phi) is 4.07. The highest BCUT2D eigenvalue weighted by molar-refractivity contribution is 5.80. The molecular weight excluding hydrogens is 344 g/mol. The third-order valence-corrected chi connectivity index (χ3v) is 4.62. The molecule has 0 amide bonds. The summed E-state index contributed by atoms with van der Waals surface area (Å²) in [5.74, 6) is 1.71. The number of aromatic nitrogens is 4. The Hall–Kier alpha value is -3.92. The molecule has 2 heterocycles. The minimum atomic E-state index is 0.857. The number of nitrogens with zero attached hydrogens (tertiary/aromatic N) is 2. The van der Waals surface area contributed by atoms with Crippen LogP contribution in [0, 0.1) is 0 Å². The highest BCUT2D eigenvalue weighted by Crippen LogP contribution is 2.15. The molecule has 0 radical (unpaired) electrons. The Labute approximate surface area is 162 Å². The molecule has 0 fully saturated rings. The van der Waals surface area contributed by atoms with Crippen molar-refractivity contribution in [3.05, 3.63) is 95.6 Å². The van der Waals surface area contributed by atoms with Gasteiger partial charge in [-0.1, -0.05) is 60.7 Å². The largest absolute Gasteiger partial charge is 0.338 e. The van der Waals surface area contributed by atoms with Crippen LogP contribution in [0.5, 0.6) is 0 Å². The topological polar surface area (TPSA) is 57.4 Å². The third-order valence-electron chi connectivity index (χ3n) is 4.62. The molecule has 0 aliphatic rings. The van der Waals surface area contributed by atoms with Crippen LogP contribution in [0.1, 0.15) is 22.8 Å². The molecule has 0 unspecified atom stereocenters. The molecule has 5 aromatic rings. The number of aromatic amines is 2. The van der Waals surface area contributed by atoms with Gasteiger partial charge in [0.25, 0.3) is 0 Å². The number of hydrogen-bond donors (Lipinski definition) is 2. The van der Waals surface area contributed by atoms with E-state index in [1.165, 1.54) is 0 Å². The molecule has 134 valence electrons. The van der Waals surface area contributed by atoms with Crippen molar-refractivity contribution in [1.29, 1.82) is 0 Å². The van der Waals surface area contributed by atoms with Crippen molar-refractivity contribution < 1.29 is 0 Å². The number of H-pyrrole nitrogens is 2. The van der Waals surface area contributed by atoms with Gasteiger partial charge in [0.2, 0.25) is 0 Å². The summed E-state index contributed by atoms with van der Waals surface area (Å²) in [4.78, 5) is 15.7. The first kappa shape index (κ1) is 16.3. The van der Waals surface area contributed by atoms with E-state index in [4.69, 9.17) is 0 Å². The number of para-hydroxylation sites is 4. The van der Waals surface area contributed by atoms with Gasteiger partial charge in [0.05, 0.1) is 22.1 Å². The van der Waals surface area contributed by atoms with E-state index in [9.17, 15) is 0 Å². The average Bonchev–Trinajstić information content (AvgIpc) is 3.34. The number of benzene rings is 3. The minimum Gasteiger partial charge on any atom is -0.338 e. The molecule has 4 nitrogen and oxygen atoms in total. The van der Waals surface area contributed by atoms with Gasteiger partial charge in [0.15, 0.2) is 0 Å². The molecule has 5 rings (SSSR count). The van der Waals surface area contributed by atoms with Crippen molar-refractivity contribution >= 4 is 46.4 Å². The first-order chi connectivity index (χ1) is 13.8. The summed E-state index contributed by atoms with van der Waals surface area (Å²) in [5.41, 5.74) is 6.31. The minimum absolute atomic E-state index is 0.857. The smallest absolute Gasteiger partial charge is 0.131 e. The second-order valence-corrected chi connectivity index (χ2v) is 6.61.